The van der Waals surface area contributed by atoms with Gasteiger partial charge in [0.25, 0.3) is 0 Å². The monoisotopic (exact) mass is 254 g/mol. The number of aromatic hydroxyl groups is 2. The van der Waals surface area contributed by atoms with Crippen molar-refractivity contribution < 1.29 is 10.2 Å². The first kappa shape index (κ1) is 12.1. The molecule has 2 heteroatoms. The van der Waals surface area contributed by atoms with Gasteiger partial charge in [-0.25, -0.2) is 0 Å². The third-order valence-electron chi connectivity index (χ3n) is 4.02. The fourth-order valence-electron chi connectivity index (χ4n) is 2.98. The highest BCUT2D eigenvalue weighted by Gasteiger charge is 2.18. The summed E-state index contributed by atoms with van der Waals surface area (Å²) in [7, 11) is 0. The lowest BCUT2D eigenvalue weighted by molar-refractivity contribution is 0.473. The van der Waals surface area contributed by atoms with Crippen molar-refractivity contribution in [3.63, 3.8) is 0 Å². The number of rotatable bonds is 1. The molecule has 0 aromatic heterocycles. The highest BCUT2D eigenvalue weighted by molar-refractivity contribution is 5.38. The van der Waals surface area contributed by atoms with Crippen LogP contribution in [0.15, 0.2) is 42.5 Å². The Labute approximate surface area is 113 Å². The second-order valence-corrected chi connectivity index (χ2v) is 5.34. The van der Waals surface area contributed by atoms with Gasteiger partial charge in [-0.2, -0.15) is 0 Å². The van der Waals surface area contributed by atoms with E-state index in [1.807, 2.05) is 24.3 Å². The minimum Gasteiger partial charge on any atom is -0.508 e. The van der Waals surface area contributed by atoms with Crippen LogP contribution in [0.5, 0.6) is 11.5 Å². The Bertz CT molecular complexity index is 572. The summed E-state index contributed by atoms with van der Waals surface area (Å²) in [4.78, 5) is 0. The van der Waals surface area contributed by atoms with Gasteiger partial charge in [-0.15, -0.1) is 0 Å². The van der Waals surface area contributed by atoms with Crippen LogP contribution in [-0.4, -0.2) is 10.2 Å². The first-order valence-electron chi connectivity index (χ1n) is 6.82. The lowest BCUT2D eigenvalue weighted by atomic mass is 9.90. The zero-order valence-corrected chi connectivity index (χ0v) is 10.8. The number of phenols is 2. The Morgan fingerprint density at radius 2 is 1.58 bits per heavy atom. The van der Waals surface area contributed by atoms with E-state index in [0.717, 1.165) is 25.7 Å². The van der Waals surface area contributed by atoms with Crippen LogP contribution in [0.1, 0.15) is 35.4 Å². The van der Waals surface area contributed by atoms with Crippen LogP contribution in [0.3, 0.4) is 0 Å². The SMILES string of the molecule is Oc1ccc([C@H]2CCCc3cc(O)ccc3C2)cc1. The van der Waals surface area contributed by atoms with E-state index in [1.165, 1.54) is 16.7 Å². The van der Waals surface area contributed by atoms with Gasteiger partial charge in [0.15, 0.2) is 0 Å². The number of hydrogen-bond acceptors (Lipinski definition) is 2. The van der Waals surface area contributed by atoms with Gasteiger partial charge in [-0.05, 0) is 72.6 Å². The highest BCUT2D eigenvalue weighted by atomic mass is 16.3. The van der Waals surface area contributed by atoms with Crippen LogP contribution in [-0.2, 0) is 12.8 Å². The third kappa shape index (κ3) is 2.58. The maximum Gasteiger partial charge on any atom is 0.115 e. The zero-order valence-electron chi connectivity index (χ0n) is 10.8. The molecule has 0 heterocycles. The molecule has 0 amide bonds. The number of aryl methyl sites for hydroxylation is 1. The van der Waals surface area contributed by atoms with Crippen molar-refractivity contribution in [3.8, 4) is 11.5 Å². The van der Waals surface area contributed by atoms with Gasteiger partial charge in [0.1, 0.15) is 11.5 Å². The normalized spacial score (nSPS) is 18.6. The molecule has 1 aliphatic carbocycles. The molecule has 2 N–H and O–H groups in total. The number of hydrogen-bond donors (Lipinski definition) is 2. The van der Waals surface area contributed by atoms with Crippen molar-refractivity contribution in [2.24, 2.45) is 0 Å². The Morgan fingerprint density at radius 3 is 2.37 bits per heavy atom. The van der Waals surface area contributed by atoms with E-state index in [-0.39, 0.29) is 0 Å². The Hall–Kier alpha value is -1.96. The van der Waals surface area contributed by atoms with Crippen LogP contribution >= 0.6 is 0 Å². The largest absolute Gasteiger partial charge is 0.508 e. The summed E-state index contributed by atoms with van der Waals surface area (Å²) in [6.07, 6.45) is 4.35. The maximum atomic E-state index is 9.57. The molecule has 0 saturated heterocycles. The first-order chi connectivity index (χ1) is 9.22. The third-order valence-corrected chi connectivity index (χ3v) is 4.02. The maximum absolute atomic E-state index is 9.57. The molecular weight excluding hydrogens is 236 g/mol. The van der Waals surface area contributed by atoms with E-state index in [2.05, 4.69) is 0 Å². The highest BCUT2D eigenvalue weighted by Crippen LogP contribution is 2.33. The fourth-order valence-corrected chi connectivity index (χ4v) is 2.98. The predicted molar refractivity (Wildman–Crippen MR) is 75.6 cm³/mol. The Kier molecular flexibility index (Phi) is 3.16. The van der Waals surface area contributed by atoms with Gasteiger partial charge < -0.3 is 10.2 Å². The van der Waals surface area contributed by atoms with E-state index in [9.17, 15) is 10.2 Å². The fraction of sp³-hybridized carbons (Fsp3) is 0.294. The molecule has 0 bridgehead atoms. The first-order valence-corrected chi connectivity index (χ1v) is 6.82. The van der Waals surface area contributed by atoms with Crippen molar-refractivity contribution in [2.75, 3.05) is 0 Å². The standard InChI is InChI=1S/C17H18O2/c18-16-7-4-12(5-8-16)13-2-1-3-14-11-17(19)9-6-15(14)10-13/h4-9,11,13,18-19H,1-3,10H2/t13-/m0/s1. The molecule has 19 heavy (non-hydrogen) atoms. The number of fused-ring (bicyclic) bond motifs is 1. The van der Waals surface area contributed by atoms with E-state index in [4.69, 9.17) is 0 Å². The molecule has 2 aromatic rings. The summed E-state index contributed by atoms with van der Waals surface area (Å²) < 4.78 is 0. The molecule has 2 aromatic carbocycles. The van der Waals surface area contributed by atoms with Crippen molar-refractivity contribution in [1.29, 1.82) is 0 Å². The Balaban J connectivity index is 1.89. The van der Waals surface area contributed by atoms with E-state index in [0.29, 0.717) is 17.4 Å². The summed E-state index contributed by atoms with van der Waals surface area (Å²) in [6, 6.07) is 13.3. The molecule has 2 nitrogen and oxygen atoms in total. The van der Waals surface area contributed by atoms with Crippen molar-refractivity contribution in [1.82, 2.24) is 0 Å². The molecule has 0 radical (unpaired) electrons. The van der Waals surface area contributed by atoms with E-state index in [1.54, 1.807) is 18.2 Å². The number of benzene rings is 2. The average molecular weight is 254 g/mol. The van der Waals surface area contributed by atoms with Crippen LogP contribution in [0.4, 0.5) is 0 Å². The van der Waals surface area contributed by atoms with Crippen LogP contribution in [0.2, 0.25) is 0 Å². The Morgan fingerprint density at radius 1 is 0.842 bits per heavy atom. The smallest absolute Gasteiger partial charge is 0.115 e. The van der Waals surface area contributed by atoms with Crippen LogP contribution in [0, 0.1) is 0 Å². The quantitative estimate of drug-likeness (QED) is 0.761. The van der Waals surface area contributed by atoms with Gasteiger partial charge in [0.2, 0.25) is 0 Å². The molecule has 1 aliphatic rings. The summed E-state index contributed by atoms with van der Waals surface area (Å²) >= 11 is 0. The summed E-state index contributed by atoms with van der Waals surface area (Å²) in [6.45, 7) is 0. The van der Waals surface area contributed by atoms with E-state index < -0.39 is 0 Å². The minimum absolute atomic E-state index is 0.322. The second-order valence-electron chi connectivity index (χ2n) is 5.34. The molecule has 0 saturated carbocycles. The van der Waals surface area contributed by atoms with Crippen LogP contribution < -0.4 is 0 Å². The molecule has 1 atom stereocenters. The molecular formula is C17H18O2. The van der Waals surface area contributed by atoms with Crippen molar-refractivity contribution >= 4 is 0 Å². The lowest BCUT2D eigenvalue weighted by Gasteiger charge is -2.15. The van der Waals surface area contributed by atoms with Gasteiger partial charge >= 0.3 is 0 Å². The molecule has 0 fully saturated rings. The zero-order chi connectivity index (χ0) is 13.2. The molecule has 3 rings (SSSR count). The van der Waals surface area contributed by atoms with Gasteiger partial charge in [-0.1, -0.05) is 18.2 Å². The van der Waals surface area contributed by atoms with Crippen LogP contribution in [0.25, 0.3) is 0 Å². The van der Waals surface area contributed by atoms with Gasteiger partial charge in [0, 0.05) is 0 Å². The van der Waals surface area contributed by atoms with E-state index >= 15 is 0 Å². The van der Waals surface area contributed by atoms with Gasteiger partial charge in [0.05, 0.1) is 0 Å². The molecule has 0 aliphatic heterocycles. The van der Waals surface area contributed by atoms with Gasteiger partial charge in [-0.3, -0.25) is 0 Å². The number of phenolic OH excluding ortho intramolecular Hbond substituents is 2. The topological polar surface area (TPSA) is 40.5 Å². The second kappa shape index (κ2) is 4.96. The molecule has 98 valence electrons. The molecule has 0 spiro atoms. The summed E-state index contributed by atoms with van der Waals surface area (Å²) in [5.74, 6) is 1.19. The van der Waals surface area contributed by atoms with Crippen molar-refractivity contribution in [2.45, 2.75) is 31.6 Å². The van der Waals surface area contributed by atoms with Crippen molar-refractivity contribution in [3.05, 3.63) is 59.2 Å². The lowest BCUT2D eigenvalue weighted by Crippen LogP contribution is -2.01. The summed E-state index contributed by atoms with van der Waals surface area (Å²) in [5.41, 5.74) is 3.91. The summed E-state index contributed by atoms with van der Waals surface area (Å²) in [5, 5.41) is 18.9. The molecule has 0 unspecified atom stereocenters. The predicted octanol–water partition coefficient (Wildman–Crippen LogP) is 3.76. The minimum atomic E-state index is 0.322. The average Bonchev–Trinajstić information content (AvgIpc) is 2.61.